The average molecular weight is 316 g/mol. The van der Waals surface area contributed by atoms with Crippen LogP contribution in [0.2, 0.25) is 0 Å². The van der Waals surface area contributed by atoms with Gasteiger partial charge in [-0.05, 0) is 24.5 Å². The number of hydrogen-bond donors (Lipinski definition) is 0. The fourth-order valence-corrected chi connectivity index (χ4v) is 3.43. The Kier molecular flexibility index (Phi) is 7.52. The normalized spacial score (nSPS) is 11.4. The molecule has 0 aliphatic carbocycles. The molecule has 0 unspecified atom stereocenters. The quantitative estimate of drug-likeness (QED) is 0.517. The van der Waals surface area contributed by atoms with Gasteiger partial charge in [-0.1, -0.05) is 6.07 Å². The molecule has 0 amide bonds. The second-order valence-electron chi connectivity index (χ2n) is 4.32. The molecular weight excluding hydrogens is 298 g/mol. The second-order valence-corrected chi connectivity index (χ2v) is 6.78. The molecule has 0 bridgehead atoms. The predicted molar refractivity (Wildman–Crippen MR) is 78.6 cm³/mol. The third-order valence-corrected chi connectivity index (χ3v) is 4.90. The van der Waals surface area contributed by atoms with Crippen LogP contribution >= 0.6 is 11.6 Å². The number of unbranched alkanes of at least 4 members (excludes halogenated alkanes) is 1. The van der Waals surface area contributed by atoms with Gasteiger partial charge in [-0.2, -0.15) is 9.57 Å². The Morgan fingerprint density at radius 3 is 2.80 bits per heavy atom. The molecule has 110 valence electrons. The zero-order valence-corrected chi connectivity index (χ0v) is 12.8. The number of nitriles is 1. The van der Waals surface area contributed by atoms with E-state index in [4.69, 9.17) is 16.9 Å². The maximum absolute atomic E-state index is 12.3. The van der Waals surface area contributed by atoms with Crippen LogP contribution in [0.3, 0.4) is 0 Å². The van der Waals surface area contributed by atoms with Crippen molar-refractivity contribution in [3.63, 3.8) is 0 Å². The highest BCUT2D eigenvalue weighted by atomic mass is 35.5. The van der Waals surface area contributed by atoms with Crippen molar-refractivity contribution < 1.29 is 8.42 Å². The van der Waals surface area contributed by atoms with Gasteiger partial charge in [0.25, 0.3) is 0 Å². The maximum atomic E-state index is 12.3. The van der Waals surface area contributed by atoms with E-state index < -0.39 is 10.0 Å². The highest BCUT2D eigenvalue weighted by Gasteiger charge is 2.21. The van der Waals surface area contributed by atoms with Gasteiger partial charge in [0.15, 0.2) is 0 Å². The van der Waals surface area contributed by atoms with Gasteiger partial charge in [0, 0.05) is 37.8 Å². The van der Waals surface area contributed by atoms with Crippen LogP contribution in [0, 0.1) is 11.3 Å². The Balaban J connectivity index is 2.75. The smallest absolute Gasteiger partial charge is 0.214 e. The van der Waals surface area contributed by atoms with Gasteiger partial charge < -0.3 is 0 Å². The van der Waals surface area contributed by atoms with E-state index in [0.717, 1.165) is 5.56 Å². The van der Waals surface area contributed by atoms with Gasteiger partial charge in [0.05, 0.1) is 11.8 Å². The number of alkyl halides is 1. The van der Waals surface area contributed by atoms with E-state index in [1.54, 1.807) is 18.5 Å². The van der Waals surface area contributed by atoms with E-state index in [1.165, 1.54) is 4.31 Å². The Morgan fingerprint density at radius 2 is 2.20 bits per heavy atom. The van der Waals surface area contributed by atoms with Crippen LogP contribution in [0.5, 0.6) is 0 Å². The SMILES string of the molecule is N#CCCN(Cc1cccnc1)S(=O)(=O)CCCCCl. The van der Waals surface area contributed by atoms with E-state index in [9.17, 15) is 8.42 Å². The van der Waals surface area contributed by atoms with Crippen molar-refractivity contribution >= 4 is 21.6 Å². The molecule has 0 fully saturated rings. The summed E-state index contributed by atoms with van der Waals surface area (Å²) in [5.74, 6) is 0.516. The number of rotatable bonds is 9. The van der Waals surface area contributed by atoms with Crippen LogP contribution in [0.15, 0.2) is 24.5 Å². The largest absolute Gasteiger partial charge is 0.264 e. The molecule has 5 nitrogen and oxygen atoms in total. The lowest BCUT2D eigenvalue weighted by molar-refractivity contribution is 0.412. The lowest BCUT2D eigenvalue weighted by Gasteiger charge is -2.21. The minimum absolute atomic E-state index is 0.0609. The summed E-state index contributed by atoms with van der Waals surface area (Å²) in [5, 5.41) is 8.66. The summed E-state index contributed by atoms with van der Waals surface area (Å²) < 4.78 is 25.9. The van der Waals surface area contributed by atoms with Crippen LogP contribution < -0.4 is 0 Å². The molecular formula is C13H18ClN3O2S. The molecule has 0 spiro atoms. The second kappa shape index (κ2) is 8.90. The summed E-state index contributed by atoms with van der Waals surface area (Å²) in [7, 11) is -3.37. The number of halogens is 1. The average Bonchev–Trinajstić information content (AvgIpc) is 2.44. The Bertz CT molecular complexity index is 528. The Labute approximate surface area is 125 Å². The summed E-state index contributed by atoms with van der Waals surface area (Å²) in [6, 6.07) is 5.56. The summed E-state index contributed by atoms with van der Waals surface area (Å²) >= 11 is 5.56. The zero-order chi connectivity index (χ0) is 14.8. The molecule has 0 aliphatic rings. The summed E-state index contributed by atoms with van der Waals surface area (Å²) in [6.45, 7) is 0.452. The van der Waals surface area contributed by atoms with Crippen molar-refractivity contribution in [2.45, 2.75) is 25.8 Å². The fourth-order valence-electron chi connectivity index (χ4n) is 1.69. The third kappa shape index (κ3) is 5.87. The van der Waals surface area contributed by atoms with Crippen molar-refractivity contribution in [1.82, 2.24) is 9.29 Å². The summed E-state index contributed by atoms with van der Waals surface area (Å²) in [5.41, 5.74) is 0.811. The minimum Gasteiger partial charge on any atom is -0.264 e. The molecule has 0 N–H and O–H groups in total. The van der Waals surface area contributed by atoms with Crippen LogP contribution in [0.25, 0.3) is 0 Å². The monoisotopic (exact) mass is 315 g/mol. The summed E-state index contributed by atoms with van der Waals surface area (Å²) in [4.78, 5) is 3.97. The van der Waals surface area contributed by atoms with E-state index in [0.29, 0.717) is 18.7 Å². The number of pyridine rings is 1. The van der Waals surface area contributed by atoms with E-state index >= 15 is 0 Å². The number of aromatic nitrogens is 1. The first-order valence-corrected chi connectivity index (χ1v) is 8.54. The van der Waals surface area contributed by atoms with Crippen molar-refractivity contribution in [2.75, 3.05) is 18.2 Å². The molecule has 1 rings (SSSR count). The van der Waals surface area contributed by atoms with Gasteiger partial charge in [0.1, 0.15) is 0 Å². The van der Waals surface area contributed by atoms with E-state index in [2.05, 4.69) is 4.98 Å². The van der Waals surface area contributed by atoms with Crippen molar-refractivity contribution in [3.05, 3.63) is 30.1 Å². The Hall–Kier alpha value is -1.16. The third-order valence-electron chi connectivity index (χ3n) is 2.73. The number of nitrogens with zero attached hydrogens (tertiary/aromatic N) is 3. The molecule has 0 aliphatic heterocycles. The van der Waals surface area contributed by atoms with Crippen LogP contribution in [0.4, 0.5) is 0 Å². The van der Waals surface area contributed by atoms with Gasteiger partial charge in [-0.25, -0.2) is 8.42 Å². The number of hydrogen-bond acceptors (Lipinski definition) is 4. The van der Waals surface area contributed by atoms with E-state index in [1.807, 2.05) is 12.1 Å². The molecule has 7 heteroatoms. The van der Waals surface area contributed by atoms with Gasteiger partial charge >= 0.3 is 0 Å². The van der Waals surface area contributed by atoms with E-state index in [-0.39, 0.29) is 25.3 Å². The predicted octanol–water partition coefficient (Wildman–Crippen LogP) is 2.15. The van der Waals surface area contributed by atoms with Gasteiger partial charge in [-0.15, -0.1) is 11.6 Å². The van der Waals surface area contributed by atoms with Crippen molar-refractivity contribution in [3.8, 4) is 6.07 Å². The summed E-state index contributed by atoms with van der Waals surface area (Å²) in [6.07, 6.45) is 4.64. The van der Waals surface area contributed by atoms with Crippen molar-refractivity contribution in [2.24, 2.45) is 0 Å². The molecule has 0 radical (unpaired) electrons. The Morgan fingerprint density at radius 1 is 1.40 bits per heavy atom. The first-order chi connectivity index (χ1) is 9.60. The van der Waals surface area contributed by atoms with Gasteiger partial charge in [0.2, 0.25) is 10.0 Å². The van der Waals surface area contributed by atoms with Crippen LogP contribution in [0.1, 0.15) is 24.8 Å². The standard InChI is InChI=1S/C13H18ClN3O2S/c14-6-1-2-10-20(18,19)17(9-4-7-15)12-13-5-3-8-16-11-13/h3,5,8,11H,1-2,4,6,9-10,12H2. The van der Waals surface area contributed by atoms with Crippen molar-refractivity contribution in [1.29, 1.82) is 5.26 Å². The molecule has 0 saturated carbocycles. The van der Waals surface area contributed by atoms with Crippen LogP contribution in [-0.2, 0) is 16.6 Å². The molecule has 0 saturated heterocycles. The lowest BCUT2D eigenvalue weighted by Crippen LogP contribution is -2.33. The maximum Gasteiger partial charge on any atom is 0.214 e. The van der Waals surface area contributed by atoms with Crippen LogP contribution in [-0.4, -0.2) is 35.9 Å². The molecule has 1 heterocycles. The highest BCUT2D eigenvalue weighted by molar-refractivity contribution is 7.89. The molecule has 1 aromatic heterocycles. The first kappa shape index (κ1) is 16.9. The first-order valence-electron chi connectivity index (χ1n) is 6.40. The minimum atomic E-state index is -3.37. The highest BCUT2D eigenvalue weighted by Crippen LogP contribution is 2.11. The topological polar surface area (TPSA) is 74.1 Å². The lowest BCUT2D eigenvalue weighted by atomic mass is 10.3. The molecule has 0 aromatic carbocycles. The fraction of sp³-hybridized carbons (Fsp3) is 0.538. The molecule has 0 atom stereocenters. The zero-order valence-electron chi connectivity index (χ0n) is 11.2. The number of sulfonamides is 1. The molecule has 20 heavy (non-hydrogen) atoms. The van der Waals surface area contributed by atoms with Gasteiger partial charge in [-0.3, -0.25) is 4.98 Å². The molecule has 1 aromatic rings.